The van der Waals surface area contributed by atoms with Gasteiger partial charge >= 0.3 is 5.69 Å². The Hall–Kier alpha value is -3.80. The highest BCUT2D eigenvalue weighted by atomic mass is 19.1. The van der Waals surface area contributed by atoms with Crippen molar-refractivity contribution in [1.29, 1.82) is 0 Å². The lowest BCUT2D eigenvalue weighted by molar-refractivity contribution is -0.122. The third-order valence-electron chi connectivity index (χ3n) is 4.98. The van der Waals surface area contributed by atoms with E-state index in [2.05, 4.69) is 10.3 Å². The topological polar surface area (TPSA) is 64.0 Å². The van der Waals surface area contributed by atoms with E-state index in [1.54, 1.807) is 12.1 Å². The third kappa shape index (κ3) is 3.98. The molecule has 4 aromatic rings. The Morgan fingerprint density at radius 3 is 2.40 bits per heavy atom. The summed E-state index contributed by atoms with van der Waals surface area (Å²) >= 11 is 0. The van der Waals surface area contributed by atoms with Crippen LogP contribution in [-0.2, 0) is 11.3 Å². The van der Waals surface area contributed by atoms with E-state index in [0.717, 1.165) is 16.5 Å². The van der Waals surface area contributed by atoms with Crippen LogP contribution in [0.5, 0.6) is 0 Å². The maximum atomic E-state index is 13.1. The van der Waals surface area contributed by atoms with Gasteiger partial charge in [-0.3, -0.25) is 9.36 Å². The predicted octanol–water partition coefficient (Wildman–Crippen LogP) is 4.08. The maximum absolute atomic E-state index is 13.1. The first-order valence-corrected chi connectivity index (χ1v) is 9.63. The molecule has 4 rings (SSSR count). The Morgan fingerprint density at radius 1 is 1.00 bits per heavy atom. The number of amides is 1. The summed E-state index contributed by atoms with van der Waals surface area (Å²) < 4.78 is 14.5. The summed E-state index contributed by atoms with van der Waals surface area (Å²) in [5, 5.41) is 3.65. The van der Waals surface area contributed by atoms with Crippen LogP contribution < -0.4 is 11.0 Å². The van der Waals surface area contributed by atoms with E-state index in [1.165, 1.54) is 16.7 Å². The lowest BCUT2D eigenvalue weighted by atomic mass is 10.1. The molecule has 1 heterocycles. The summed E-state index contributed by atoms with van der Waals surface area (Å²) in [5.74, 6) is -0.659. The van der Waals surface area contributed by atoms with Crippen LogP contribution in [0.4, 0.5) is 4.39 Å². The molecule has 1 amide bonds. The molecule has 1 atom stereocenters. The molecular formula is C24H20FN3O2. The van der Waals surface area contributed by atoms with Gasteiger partial charge in [0.05, 0.1) is 17.3 Å². The van der Waals surface area contributed by atoms with Crippen molar-refractivity contribution in [2.75, 3.05) is 0 Å². The molecule has 0 saturated heterocycles. The number of benzene rings is 3. The normalized spacial score (nSPS) is 11.9. The molecule has 6 heteroatoms. The highest BCUT2D eigenvalue weighted by molar-refractivity contribution is 5.93. The van der Waals surface area contributed by atoms with E-state index in [0.29, 0.717) is 11.2 Å². The Balaban J connectivity index is 1.65. The van der Waals surface area contributed by atoms with E-state index in [4.69, 9.17) is 0 Å². The monoisotopic (exact) mass is 401 g/mol. The number of nitrogens with one attached hydrogen (secondary N) is 1. The molecule has 5 nitrogen and oxygen atoms in total. The average Bonchev–Trinajstić information content (AvgIpc) is 2.76. The molecule has 0 aliphatic rings. The van der Waals surface area contributed by atoms with Gasteiger partial charge in [-0.25, -0.2) is 9.18 Å². The quantitative estimate of drug-likeness (QED) is 0.548. The number of hydrogen-bond donors (Lipinski definition) is 1. The Labute approximate surface area is 172 Å². The molecule has 1 aromatic heterocycles. The molecular weight excluding hydrogens is 381 g/mol. The first-order chi connectivity index (χ1) is 14.5. The molecule has 0 unspecified atom stereocenters. The van der Waals surface area contributed by atoms with Crippen molar-refractivity contribution < 1.29 is 9.18 Å². The summed E-state index contributed by atoms with van der Waals surface area (Å²) in [5.41, 5.74) is 2.36. The highest BCUT2D eigenvalue weighted by Crippen LogP contribution is 2.25. The molecule has 0 saturated carbocycles. The summed E-state index contributed by atoms with van der Waals surface area (Å²) in [4.78, 5) is 29.7. The minimum Gasteiger partial charge on any atom is -0.348 e. The second kappa shape index (κ2) is 8.29. The van der Waals surface area contributed by atoms with Gasteiger partial charge in [0.2, 0.25) is 5.91 Å². The Bertz CT molecular complexity index is 1250. The van der Waals surface area contributed by atoms with E-state index >= 15 is 0 Å². The van der Waals surface area contributed by atoms with E-state index < -0.39 is 5.69 Å². The average molecular weight is 401 g/mol. The van der Waals surface area contributed by atoms with Gasteiger partial charge in [0, 0.05) is 10.9 Å². The molecule has 30 heavy (non-hydrogen) atoms. The van der Waals surface area contributed by atoms with E-state index in [9.17, 15) is 14.0 Å². The van der Waals surface area contributed by atoms with Gasteiger partial charge in [-0.2, -0.15) is 4.98 Å². The van der Waals surface area contributed by atoms with Crippen LogP contribution in [0.1, 0.15) is 18.5 Å². The lowest BCUT2D eigenvalue weighted by Crippen LogP contribution is -2.35. The molecule has 0 fully saturated rings. The predicted molar refractivity (Wildman–Crippen MR) is 114 cm³/mol. The molecule has 150 valence electrons. The Kier molecular flexibility index (Phi) is 5.39. The lowest BCUT2D eigenvalue weighted by Gasteiger charge is -2.16. The second-order valence-electron chi connectivity index (χ2n) is 7.05. The standard InChI is InChI=1S/C24H20FN3O2/c1-16(17-11-13-19(25)14-12-17)26-22(29)15-28-21-10-6-5-9-20(21)23(27-24(28)30)18-7-3-2-4-8-18/h2-14,16H,15H2,1H3,(H,26,29)/t16-/m0/s1. The van der Waals surface area contributed by atoms with Crippen LogP contribution in [0.2, 0.25) is 0 Å². The van der Waals surface area contributed by atoms with Gasteiger partial charge < -0.3 is 5.32 Å². The number of aromatic nitrogens is 2. The van der Waals surface area contributed by atoms with E-state index in [1.807, 2.05) is 61.5 Å². The van der Waals surface area contributed by atoms with E-state index in [-0.39, 0.29) is 24.3 Å². The minimum absolute atomic E-state index is 0.160. The smallest absolute Gasteiger partial charge is 0.348 e. The van der Waals surface area contributed by atoms with Crippen LogP contribution in [0.15, 0.2) is 83.7 Å². The summed E-state index contributed by atoms with van der Waals surface area (Å²) in [6, 6.07) is 22.5. The van der Waals surface area contributed by atoms with Gasteiger partial charge in [0.1, 0.15) is 12.4 Å². The first kappa shape index (κ1) is 19.5. The number of hydrogen-bond acceptors (Lipinski definition) is 3. The fourth-order valence-electron chi connectivity index (χ4n) is 3.46. The summed E-state index contributed by atoms with van der Waals surface area (Å²) in [6.45, 7) is 1.65. The zero-order valence-electron chi connectivity index (χ0n) is 16.4. The van der Waals surface area contributed by atoms with Gasteiger partial charge in [-0.1, -0.05) is 60.7 Å². The number of halogens is 1. The van der Waals surface area contributed by atoms with Crippen molar-refractivity contribution in [2.24, 2.45) is 0 Å². The number of rotatable bonds is 5. The van der Waals surface area contributed by atoms with Crippen molar-refractivity contribution in [3.05, 3.63) is 101 Å². The van der Waals surface area contributed by atoms with Crippen LogP contribution in [-0.4, -0.2) is 15.5 Å². The largest absolute Gasteiger partial charge is 0.349 e. The molecule has 0 radical (unpaired) electrons. The molecule has 0 aliphatic heterocycles. The molecule has 0 aliphatic carbocycles. The van der Waals surface area contributed by atoms with Gasteiger partial charge in [-0.05, 0) is 30.7 Å². The number of nitrogens with zero attached hydrogens (tertiary/aromatic N) is 2. The zero-order valence-corrected chi connectivity index (χ0v) is 16.4. The maximum Gasteiger partial charge on any atom is 0.349 e. The third-order valence-corrected chi connectivity index (χ3v) is 4.98. The van der Waals surface area contributed by atoms with Crippen LogP contribution in [0.25, 0.3) is 22.2 Å². The minimum atomic E-state index is -0.489. The number of para-hydroxylation sites is 1. The van der Waals surface area contributed by atoms with Gasteiger partial charge in [0.15, 0.2) is 0 Å². The highest BCUT2D eigenvalue weighted by Gasteiger charge is 2.16. The van der Waals surface area contributed by atoms with Crippen molar-refractivity contribution in [2.45, 2.75) is 19.5 Å². The van der Waals surface area contributed by atoms with Crippen molar-refractivity contribution in [3.63, 3.8) is 0 Å². The summed E-state index contributed by atoms with van der Waals surface area (Å²) in [6.07, 6.45) is 0. The van der Waals surface area contributed by atoms with Crippen LogP contribution in [0.3, 0.4) is 0 Å². The molecule has 0 bridgehead atoms. The first-order valence-electron chi connectivity index (χ1n) is 9.63. The van der Waals surface area contributed by atoms with Crippen molar-refractivity contribution in [1.82, 2.24) is 14.9 Å². The van der Waals surface area contributed by atoms with Crippen molar-refractivity contribution >= 4 is 16.8 Å². The molecule has 3 aromatic carbocycles. The van der Waals surface area contributed by atoms with Gasteiger partial charge in [-0.15, -0.1) is 0 Å². The van der Waals surface area contributed by atoms with Crippen LogP contribution in [0, 0.1) is 5.82 Å². The zero-order chi connectivity index (χ0) is 21.1. The Morgan fingerprint density at radius 2 is 1.67 bits per heavy atom. The van der Waals surface area contributed by atoms with Crippen molar-refractivity contribution in [3.8, 4) is 11.3 Å². The molecule has 0 spiro atoms. The van der Waals surface area contributed by atoms with Crippen LogP contribution >= 0.6 is 0 Å². The SMILES string of the molecule is C[C@H](NC(=O)Cn1c(=O)nc(-c2ccccc2)c2ccccc21)c1ccc(F)cc1. The van der Waals surface area contributed by atoms with Gasteiger partial charge in [0.25, 0.3) is 0 Å². The number of fused-ring (bicyclic) bond motifs is 1. The number of carbonyl (C=O) groups excluding carboxylic acids is 1. The fourth-order valence-corrected chi connectivity index (χ4v) is 3.46. The fraction of sp³-hybridized carbons (Fsp3) is 0.125. The molecule has 1 N–H and O–H groups in total. The number of carbonyl (C=O) groups is 1. The summed E-state index contributed by atoms with van der Waals surface area (Å²) in [7, 11) is 0. The second-order valence-corrected chi connectivity index (χ2v) is 7.05.